The number of pyridine rings is 1. The summed E-state index contributed by atoms with van der Waals surface area (Å²) >= 11 is 0. The lowest BCUT2D eigenvalue weighted by atomic mass is 9.83. The molecule has 0 radical (unpaired) electrons. The largest absolute Gasteiger partial charge is 0.389 e. The number of aldehydes is 1. The van der Waals surface area contributed by atoms with E-state index in [9.17, 15) is 18.3 Å². The highest BCUT2D eigenvalue weighted by Gasteiger charge is 2.37. The molecule has 1 fully saturated rings. The Kier molecular flexibility index (Phi) is 4.78. The molecule has 0 unspecified atom stereocenters. The molecule has 1 N–H and O–H groups in total. The zero-order chi connectivity index (χ0) is 15.5. The zero-order valence-electron chi connectivity index (χ0n) is 12.2. The van der Waals surface area contributed by atoms with Gasteiger partial charge < -0.3 is 9.90 Å². The molecule has 0 saturated heterocycles. The Bertz CT molecular complexity index is 587. The van der Waals surface area contributed by atoms with Crippen LogP contribution in [0.1, 0.15) is 43.4 Å². The van der Waals surface area contributed by atoms with Crippen LogP contribution >= 0.6 is 0 Å². The van der Waals surface area contributed by atoms with Gasteiger partial charge in [0.15, 0.2) is 9.84 Å². The minimum absolute atomic E-state index is 0.0168. The van der Waals surface area contributed by atoms with Crippen LogP contribution in [-0.2, 0) is 20.4 Å². The number of aliphatic hydroxyl groups is 1. The molecule has 2 rings (SSSR count). The highest BCUT2D eigenvalue weighted by Crippen LogP contribution is 2.34. The molecule has 116 valence electrons. The van der Waals surface area contributed by atoms with Gasteiger partial charge >= 0.3 is 0 Å². The van der Waals surface area contributed by atoms with E-state index in [4.69, 9.17) is 0 Å². The van der Waals surface area contributed by atoms with Gasteiger partial charge in [-0.2, -0.15) is 0 Å². The van der Waals surface area contributed by atoms with E-state index >= 15 is 0 Å². The highest BCUT2D eigenvalue weighted by atomic mass is 32.2. The van der Waals surface area contributed by atoms with Crippen molar-refractivity contribution in [2.45, 2.75) is 55.6 Å². The zero-order valence-corrected chi connectivity index (χ0v) is 13.0. The number of hydrogen-bond donors (Lipinski definition) is 1. The molecule has 21 heavy (non-hydrogen) atoms. The third-order valence-electron chi connectivity index (χ3n) is 4.17. The topological polar surface area (TPSA) is 84.3 Å². The smallest absolute Gasteiger partial charge is 0.157 e. The van der Waals surface area contributed by atoms with Gasteiger partial charge in [-0.05, 0) is 44.2 Å². The number of carbonyl (C=O) groups excluding carboxylic acids is 1. The molecular formula is C15H21NO4S. The van der Waals surface area contributed by atoms with Crippen molar-refractivity contribution < 1.29 is 18.3 Å². The van der Waals surface area contributed by atoms with Crippen LogP contribution < -0.4 is 0 Å². The van der Waals surface area contributed by atoms with Crippen LogP contribution in [0.4, 0.5) is 0 Å². The lowest BCUT2D eigenvalue weighted by Gasteiger charge is -2.34. The Morgan fingerprint density at radius 2 is 2.05 bits per heavy atom. The Labute approximate surface area is 125 Å². The molecule has 0 amide bonds. The Morgan fingerprint density at radius 1 is 1.38 bits per heavy atom. The first-order valence-corrected chi connectivity index (χ1v) is 8.85. The van der Waals surface area contributed by atoms with Crippen LogP contribution in [0.5, 0.6) is 0 Å². The van der Waals surface area contributed by atoms with E-state index in [2.05, 4.69) is 4.98 Å². The lowest BCUT2D eigenvalue weighted by Crippen LogP contribution is -2.39. The summed E-state index contributed by atoms with van der Waals surface area (Å²) in [6.07, 6.45) is 3.92. The maximum atomic E-state index is 12.4. The fraction of sp³-hybridized carbons (Fsp3) is 0.600. The molecule has 1 saturated carbocycles. The molecule has 0 aliphatic heterocycles. The predicted molar refractivity (Wildman–Crippen MR) is 79.5 cm³/mol. The number of aromatic nitrogens is 1. The van der Waals surface area contributed by atoms with E-state index in [1.807, 2.05) is 6.92 Å². The molecule has 0 atom stereocenters. The normalized spacial score (nSPS) is 26.5. The lowest BCUT2D eigenvalue weighted by molar-refractivity contribution is -0.113. The second-order valence-corrected chi connectivity index (χ2v) is 8.19. The number of nitrogens with zero attached hydrogens (tertiary/aromatic N) is 1. The SMILES string of the molecule is Cc1ccc(CS(=O)(=O)[C@H]2CC[C@](O)(CC=O)CC2)cn1. The molecule has 0 spiro atoms. The van der Waals surface area contributed by atoms with Crippen LogP contribution in [-0.4, -0.2) is 35.6 Å². The van der Waals surface area contributed by atoms with Crippen molar-refractivity contribution in [3.8, 4) is 0 Å². The fourth-order valence-electron chi connectivity index (χ4n) is 2.78. The Hall–Kier alpha value is -1.27. The van der Waals surface area contributed by atoms with Crippen molar-refractivity contribution in [3.05, 3.63) is 29.6 Å². The Balaban J connectivity index is 2.01. The van der Waals surface area contributed by atoms with Crippen molar-refractivity contribution in [2.75, 3.05) is 0 Å². The summed E-state index contributed by atoms with van der Waals surface area (Å²) in [7, 11) is -3.25. The van der Waals surface area contributed by atoms with Gasteiger partial charge in [0.2, 0.25) is 0 Å². The van der Waals surface area contributed by atoms with Gasteiger partial charge in [-0.25, -0.2) is 8.42 Å². The van der Waals surface area contributed by atoms with Crippen molar-refractivity contribution in [3.63, 3.8) is 0 Å². The summed E-state index contributed by atoms with van der Waals surface area (Å²) in [4.78, 5) is 14.7. The summed E-state index contributed by atoms with van der Waals surface area (Å²) in [5.74, 6) is -0.0168. The number of carbonyl (C=O) groups is 1. The third-order valence-corrected chi connectivity index (χ3v) is 6.40. The highest BCUT2D eigenvalue weighted by molar-refractivity contribution is 7.91. The molecular weight excluding hydrogens is 290 g/mol. The first-order valence-electron chi connectivity index (χ1n) is 7.14. The summed E-state index contributed by atoms with van der Waals surface area (Å²) < 4.78 is 24.9. The fourth-order valence-corrected chi connectivity index (χ4v) is 4.61. The molecule has 1 aromatic rings. The maximum absolute atomic E-state index is 12.4. The molecule has 0 aromatic carbocycles. The van der Waals surface area contributed by atoms with Crippen LogP contribution in [0.3, 0.4) is 0 Å². The van der Waals surface area contributed by atoms with E-state index in [0.29, 0.717) is 37.5 Å². The second-order valence-electron chi connectivity index (χ2n) is 5.91. The van der Waals surface area contributed by atoms with Crippen molar-refractivity contribution in [2.24, 2.45) is 0 Å². The minimum Gasteiger partial charge on any atom is -0.389 e. The van der Waals surface area contributed by atoms with E-state index in [1.165, 1.54) is 0 Å². The third kappa shape index (κ3) is 4.11. The molecule has 1 aliphatic rings. The Morgan fingerprint density at radius 3 is 2.57 bits per heavy atom. The van der Waals surface area contributed by atoms with Crippen LogP contribution in [0.15, 0.2) is 18.3 Å². The average Bonchev–Trinajstić information content (AvgIpc) is 2.42. The molecule has 1 heterocycles. The van der Waals surface area contributed by atoms with E-state index < -0.39 is 20.7 Å². The first kappa shape index (κ1) is 16.1. The quantitative estimate of drug-likeness (QED) is 0.834. The van der Waals surface area contributed by atoms with Gasteiger partial charge in [0, 0.05) is 18.3 Å². The number of hydrogen-bond acceptors (Lipinski definition) is 5. The summed E-state index contributed by atoms with van der Waals surface area (Å²) in [5, 5.41) is 9.70. The van der Waals surface area contributed by atoms with E-state index in [1.54, 1.807) is 18.3 Å². The summed E-state index contributed by atoms with van der Waals surface area (Å²) in [6.45, 7) is 1.85. The van der Waals surface area contributed by atoms with Crippen molar-refractivity contribution in [1.82, 2.24) is 4.98 Å². The van der Waals surface area contributed by atoms with Gasteiger partial charge in [-0.1, -0.05) is 6.07 Å². The average molecular weight is 311 g/mol. The first-order chi connectivity index (χ1) is 9.85. The molecule has 1 aliphatic carbocycles. The summed E-state index contributed by atoms with van der Waals surface area (Å²) in [6, 6.07) is 3.58. The number of sulfone groups is 1. The molecule has 5 nitrogen and oxygen atoms in total. The van der Waals surface area contributed by atoms with E-state index in [0.717, 1.165) is 5.69 Å². The molecule has 0 bridgehead atoms. The summed E-state index contributed by atoms with van der Waals surface area (Å²) in [5.41, 5.74) is 0.529. The monoisotopic (exact) mass is 311 g/mol. The van der Waals surface area contributed by atoms with Gasteiger partial charge in [0.1, 0.15) is 6.29 Å². The van der Waals surface area contributed by atoms with Gasteiger partial charge in [-0.3, -0.25) is 4.98 Å². The van der Waals surface area contributed by atoms with E-state index in [-0.39, 0.29) is 12.2 Å². The van der Waals surface area contributed by atoms with Crippen LogP contribution in [0.25, 0.3) is 0 Å². The number of rotatable bonds is 5. The van der Waals surface area contributed by atoms with Crippen molar-refractivity contribution >= 4 is 16.1 Å². The van der Waals surface area contributed by atoms with Gasteiger partial charge in [0.05, 0.1) is 16.6 Å². The number of aryl methyl sites for hydroxylation is 1. The maximum Gasteiger partial charge on any atom is 0.157 e. The minimum atomic E-state index is -3.25. The molecule has 1 aromatic heterocycles. The standard InChI is InChI=1S/C15H21NO4S/c1-12-2-3-13(10-16-12)11-21(19,20)14-4-6-15(18,7-5-14)8-9-17/h2-3,9-10,14,18H,4-8,11H2,1H3/t14-,15+. The van der Waals surface area contributed by atoms with Crippen LogP contribution in [0.2, 0.25) is 0 Å². The van der Waals surface area contributed by atoms with Crippen molar-refractivity contribution in [1.29, 1.82) is 0 Å². The predicted octanol–water partition coefficient (Wildman–Crippen LogP) is 1.57. The molecule has 6 heteroatoms. The van der Waals surface area contributed by atoms with Gasteiger partial charge in [-0.15, -0.1) is 0 Å². The van der Waals surface area contributed by atoms with Gasteiger partial charge in [0.25, 0.3) is 0 Å². The second kappa shape index (κ2) is 6.23. The van der Waals surface area contributed by atoms with Crippen LogP contribution in [0, 0.1) is 6.92 Å².